The van der Waals surface area contributed by atoms with E-state index in [0.29, 0.717) is 18.7 Å². The number of anilines is 1. The minimum atomic E-state index is -4.19. The molecule has 0 heterocycles. The number of methoxy groups -OCH3 is 1. The molecule has 0 aliphatic heterocycles. The van der Waals surface area contributed by atoms with Crippen molar-refractivity contribution < 1.29 is 22.7 Å². The van der Waals surface area contributed by atoms with Gasteiger partial charge < -0.3 is 15.0 Å². The van der Waals surface area contributed by atoms with Crippen LogP contribution in [-0.4, -0.2) is 51.4 Å². The number of nitrogens with one attached hydrogen (secondary N) is 1. The van der Waals surface area contributed by atoms with Gasteiger partial charge in [-0.2, -0.15) is 0 Å². The molecule has 220 valence electrons. The fourth-order valence-corrected chi connectivity index (χ4v) is 6.12. The third kappa shape index (κ3) is 8.24. The van der Waals surface area contributed by atoms with Gasteiger partial charge in [0.1, 0.15) is 18.3 Å². The number of nitrogens with zero attached hydrogens (tertiary/aromatic N) is 2. The Morgan fingerprint density at radius 2 is 1.71 bits per heavy atom. The normalized spacial score (nSPS) is 11.9. The number of hydrogen-bond acceptors (Lipinski definition) is 5. The van der Waals surface area contributed by atoms with Gasteiger partial charge in [-0.05, 0) is 61.7 Å². The molecule has 8 nitrogen and oxygen atoms in total. The summed E-state index contributed by atoms with van der Waals surface area (Å²) in [6.07, 6.45) is 2.05. The van der Waals surface area contributed by atoms with E-state index in [1.807, 2.05) is 26.8 Å². The maximum absolute atomic E-state index is 14.1. The number of aryl methyl sites for hydroxylation is 1. The molecule has 0 aromatic heterocycles. The number of halogens is 1. The van der Waals surface area contributed by atoms with Crippen LogP contribution in [-0.2, 0) is 26.2 Å². The largest absolute Gasteiger partial charge is 0.497 e. The van der Waals surface area contributed by atoms with E-state index >= 15 is 0 Å². The van der Waals surface area contributed by atoms with Crippen molar-refractivity contribution in [3.05, 3.63) is 88.9 Å². The molecule has 0 bridgehead atoms. The number of para-hydroxylation sites is 1. The SMILES string of the molecule is CCCCNC(=O)[C@@H](CC)N(Cc1cccc(OC)c1)C(=O)CN(c1ccccc1Cl)S(=O)(=O)c1ccc(C)cc1. The lowest BCUT2D eigenvalue weighted by Crippen LogP contribution is -2.52. The molecule has 2 amide bonds. The Kier molecular flexibility index (Phi) is 11.6. The summed E-state index contributed by atoms with van der Waals surface area (Å²) >= 11 is 6.47. The molecule has 0 saturated heterocycles. The summed E-state index contributed by atoms with van der Waals surface area (Å²) in [7, 11) is -2.64. The minimum absolute atomic E-state index is 0.0273. The van der Waals surface area contributed by atoms with Crippen LogP contribution in [0.25, 0.3) is 0 Å². The molecular weight excluding hydrogens is 562 g/mol. The minimum Gasteiger partial charge on any atom is -0.497 e. The van der Waals surface area contributed by atoms with Crippen LogP contribution in [0.1, 0.15) is 44.2 Å². The molecule has 1 N–H and O–H groups in total. The van der Waals surface area contributed by atoms with E-state index in [1.54, 1.807) is 61.7 Å². The lowest BCUT2D eigenvalue weighted by molar-refractivity contribution is -0.140. The van der Waals surface area contributed by atoms with Crippen LogP contribution in [0.4, 0.5) is 5.69 Å². The highest BCUT2D eigenvalue weighted by Gasteiger charge is 2.34. The number of carbonyl (C=O) groups excluding carboxylic acids is 2. The van der Waals surface area contributed by atoms with Crippen LogP contribution >= 0.6 is 11.6 Å². The Labute approximate surface area is 248 Å². The topological polar surface area (TPSA) is 96.0 Å². The van der Waals surface area contributed by atoms with Crippen LogP contribution in [0.15, 0.2) is 77.7 Å². The first kappa shape index (κ1) is 32.0. The van der Waals surface area contributed by atoms with E-state index in [4.69, 9.17) is 16.3 Å². The summed E-state index contributed by atoms with van der Waals surface area (Å²) in [5.74, 6) is -0.223. The second kappa shape index (κ2) is 14.9. The van der Waals surface area contributed by atoms with Crippen molar-refractivity contribution in [2.75, 3.05) is 24.5 Å². The summed E-state index contributed by atoms with van der Waals surface area (Å²) < 4.78 is 34.3. The first-order valence-corrected chi connectivity index (χ1v) is 15.5. The zero-order valence-electron chi connectivity index (χ0n) is 24.0. The highest BCUT2D eigenvalue weighted by molar-refractivity contribution is 7.92. The van der Waals surface area contributed by atoms with Gasteiger partial charge in [0.15, 0.2) is 0 Å². The van der Waals surface area contributed by atoms with Crippen LogP contribution in [0.5, 0.6) is 5.75 Å². The van der Waals surface area contributed by atoms with Gasteiger partial charge in [0.25, 0.3) is 10.0 Å². The summed E-state index contributed by atoms with van der Waals surface area (Å²) in [4.78, 5) is 28.9. The quantitative estimate of drug-likeness (QED) is 0.244. The standard InChI is InChI=1S/C31H38ClN3O5S/c1-5-7-19-33-31(37)28(6-2)34(21-24-11-10-12-25(20-24)40-4)30(36)22-35(29-14-9-8-13-27(29)32)41(38,39)26-17-15-23(3)16-18-26/h8-18,20,28H,5-7,19,21-22H2,1-4H3,(H,33,37)/t28-/m1/s1. The average molecular weight is 600 g/mol. The van der Waals surface area contributed by atoms with Crippen molar-refractivity contribution in [3.8, 4) is 5.75 Å². The Hall–Kier alpha value is -3.56. The van der Waals surface area contributed by atoms with Crippen molar-refractivity contribution in [2.24, 2.45) is 0 Å². The highest BCUT2D eigenvalue weighted by atomic mass is 35.5. The van der Waals surface area contributed by atoms with E-state index in [-0.39, 0.29) is 28.1 Å². The molecule has 0 aliphatic carbocycles. The lowest BCUT2D eigenvalue weighted by atomic mass is 10.1. The zero-order chi connectivity index (χ0) is 30.0. The van der Waals surface area contributed by atoms with Gasteiger partial charge in [-0.25, -0.2) is 8.42 Å². The number of ether oxygens (including phenoxy) is 1. The molecule has 0 fully saturated rings. The molecule has 0 saturated carbocycles. The van der Waals surface area contributed by atoms with Crippen molar-refractivity contribution >= 4 is 39.1 Å². The van der Waals surface area contributed by atoms with E-state index in [2.05, 4.69) is 5.32 Å². The fourth-order valence-electron chi connectivity index (χ4n) is 4.40. The third-order valence-corrected chi connectivity index (χ3v) is 8.81. The fraction of sp³-hybridized carbons (Fsp3) is 0.355. The molecule has 0 unspecified atom stereocenters. The van der Waals surface area contributed by atoms with Gasteiger partial charge in [-0.1, -0.05) is 73.8 Å². The number of hydrogen-bond donors (Lipinski definition) is 1. The van der Waals surface area contributed by atoms with Crippen LogP contribution in [0.3, 0.4) is 0 Å². The molecule has 0 radical (unpaired) electrons. The van der Waals surface area contributed by atoms with Gasteiger partial charge in [0.2, 0.25) is 11.8 Å². The Morgan fingerprint density at radius 1 is 1.00 bits per heavy atom. The third-order valence-electron chi connectivity index (χ3n) is 6.71. The second-order valence-corrected chi connectivity index (χ2v) is 12.0. The number of benzene rings is 3. The van der Waals surface area contributed by atoms with E-state index < -0.39 is 28.5 Å². The number of rotatable bonds is 14. The van der Waals surface area contributed by atoms with Gasteiger partial charge in [0, 0.05) is 13.1 Å². The smallest absolute Gasteiger partial charge is 0.264 e. The summed E-state index contributed by atoms with van der Waals surface area (Å²) in [6, 6.07) is 19.3. The predicted molar refractivity (Wildman–Crippen MR) is 163 cm³/mol. The number of unbranched alkanes of at least 4 members (excludes halogenated alkanes) is 1. The van der Waals surface area contributed by atoms with E-state index in [9.17, 15) is 18.0 Å². The molecule has 3 aromatic carbocycles. The Balaban J connectivity index is 2.05. The Morgan fingerprint density at radius 3 is 2.34 bits per heavy atom. The number of carbonyl (C=O) groups is 2. The van der Waals surface area contributed by atoms with Crippen LogP contribution < -0.4 is 14.4 Å². The monoisotopic (exact) mass is 599 g/mol. The van der Waals surface area contributed by atoms with Crippen molar-refractivity contribution in [3.63, 3.8) is 0 Å². The molecule has 3 rings (SSSR count). The Bertz CT molecular complexity index is 1430. The molecule has 41 heavy (non-hydrogen) atoms. The average Bonchev–Trinajstić information content (AvgIpc) is 2.96. The maximum Gasteiger partial charge on any atom is 0.264 e. The first-order chi connectivity index (χ1) is 19.6. The molecule has 0 spiro atoms. The summed E-state index contributed by atoms with van der Waals surface area (Å²) in [5.41, 5.74) is 1.81. The molecule has 3 aromatic rings. The van der Waals surface area contributed by atoms with Crippen LogP contribution in [0.2, 0.25) is 5.02 Å². The summed E-state index contributed by atoms with van der Waals surface area (Å²) in [6.45, 7) is 5.73. The van der Waals surface area contributed by atoms with E-state index in [1.165, 1.54) is 17.0 Å². The molecule has 0 aliphatic rings. The molecule has 10 heteroatoms. The van der Waals surface area contributed by atoms with Gasteiger partial charge in [-0.3, -0.25) is 13.9 Å². The molecular formula is C31H38ClN3O5S. The number of sulfonamides is 1. The predicted octanol–water partition coefficient (Wildman–Crippen LogP) is 5.58. The molecule has 1 atom stereocenters. The zero-order valence-corrected chi connectivity index (χ0v) is 25.5. The first-order valence-electron chi connectivity index (χ1n) is 13.7. The van der Waals surface area contributed by atoms with Crippen LogP contribution in [0, 0.1) is 6.92 Å². The van der Waals surface area contributed by atoms with Crippen molar-refractivity contribution in [2.45, 2.75) is 57.5 Å². The lowest BCUT2D eigenvalue weighted by Gasteiger charge is -2.33. The van der Waals surface area contributed by atoms with Gasteiger partial charge in [0.05, 0.1) is 22.7 Å². The van der Waals surface area contributed by atoms with Crippen molar-refractivity contribution in [1.82, 2.24) is 10.2 Å². The second-order valence-electron chi connectivity index (χ2n) is 9.72. The maximum atomic E-state index is 14.1. The number of amides is 2. The van der Waals surface area contributed by atoms with Gasteiger partial charge >= 0.3 is 0 Å². The highest BCUT2D eigenvalue weighted by Crippen LogP contribution is 2.31. The van der Waals surface area contributed by atoms with Crippen molar-refractivity contribution in [1.29, 1.82) is 0 Å². The van der Waals surface area contributed by atoms with E-state index in [0.717, 1.165) is 28.3 Å². The summed E-state index contributed by atoms with van der Waals surface area (Å²) in [5, 5.41) is 3.10. The van der Waals surface area contributed by atoms with Gasteiger partial charge in [-0.15, -0.1) is 0 Å².